The van der Waals surface area contributed by atoms with Gasteiger partial charge in [-0.1, -0.05) is 70.2 Å². The molecule has 7 heterocycles. The number of aromatic amines is 1. The van der Waals surface area contributed by atoms with Gasteiger partial charge in [0.2, 0.25) is 23.6 Å². The molecule has 10 rings (SSSR count). The Morgan fingerprint density at radius 3 is 2.65 bits per heavy atom. The first-order valence-electron chi connectivity index (χ1n) is 17.7. The summed E-state index contributed by atoms with van der Waals surface area (Å²) in [5.41, 5.74) is 6.61. The SMILES string of the molecule is CC(C)C1NC(=O)C(NC(=O)[C@@H](O)C(C)C)Cc2ccc3c(c2)C24c5cccc(c5NC2O3)-c2cccc3[nH]cc(c23)-c2cnc(o2)-c2nc1oc24. The molecule has 2 amide bonds. The second-order valence-electron chi connectivity index (χ2n) is 14.9. The van der Waals surface area contributed by atoms with Crippen molar-refractivity contribution in [3.05, 3.63) is 95.3 Å². The molecule has 10 bridgehead atoms. The predicted octanol–water partition coefficient (Wildman–Crippen LogP) is 5.81. The maximum Gasteiger partial charge on any atom is 0.249 e. The Morgan fingerprint density at radius 1 is 1.00 bits per heavy atom. The van der Waals surface area contributed by atoms with Crippen LogP contribution in [-0.2, 0) is 21.4 Å². The number of benzene rings is 3. The van der Waals surface area contributed by atoms with Crippen molar-refractivity contribution in [3.63, 3.8) is 0 Å². The minimum absolute atomic E-state index is 0.169. The van der Waals surface area contributed by atoms with Crippen LogP contribution < -0.4 is 20.7 Å². The Morgan fingerprint density at radius 2 is 1.83 bits per heavy atom. The summed E-state index contributed by atoms with van der Waals surface area (Å²) in [5.74, 6) is 0.694. The second kappa shape index (κ2) is 10.8. The zero-order valence-corrected chi connectivity index (χ0v) is 28.9. The van der Waals surface area contributed by atoms with E-state index in [4.69, 9.17) is 23.5 Å². The quantitative estimate of drug-likeness (QED) is 0.153. The monoisotopic (exact) mass is 696 g/mol. The molecular weight excluding hydrogens is 660 g/mol. The number of nitrogens with zero attached hydrogens (tertiary/aromatic N) is 2. The fraction of sp³-hybridized carbons (Fsp3) is 0.300. The number of amides is 2. The molecule has 1 spiro atoms. The van der Waals surface area contributed by atoms with Gasteiger partial charge in [-0.15, -0.1) is 0 Å². The molecule has 5 atom stereocenters. The van der Waals surface area contributed by atoms with E-state index in [-0.39, 0.29) is 30.0 Å². The third-order valence-electron chi connectivity index (χ3n) is 11.0. The molecule has 0 saturated heterocycles. The topological polar surface area (TPSA) is 168 Å². The standard InChI is InChI=1S/C40H36N6O6/c1-17(2)30-38-45-32-34(52-38)40-23-9-5-8-21(20-7-6-10-25-29(20)22(15-41-25)28-16-42-37(32)50-28)31(23)46-39(40)51-27-12-11-19(13-24(27)40)14-26(35(48)44-30)43-36(49)33(47)18(3)4/h5-13,15-18,26,30,33,39,41,46-47H,14H2,1-4H3,(H,43,49)(H,44,48)/t26?,30?,33-,39?,40?/m0/s1. The third kappa shape index (κ3) is 4.12. The summed E-state index contributed by atoms with van der Waals surface area (Å²) in [6.07, 6.45) is 1.90. The van der Waals surface area contributed by atoms with Crippen LogP contribution in [0.4, 0.5) is 5.69 Å². The normalized spacial score (nSPS) is 22.6. The molecule has 0 aliphatic carbocycles. The van der Waals surface area contributed by atoms with Gasteiger partial charge in [-0.25, -0.2) is 9.97 Å². The number of carbonyl (C=O) groups is 2. The van der Waals surface area contributed by atoms with Gasteiger partial charge >= 0.3 is 0 Å². The zero-order valence-electron chi connectivity index (χ0n) is 28.9. The minimum Gasteiger partial charge on any atom is -0.469 e. The van der Waals surface area contributed by atoms with E-state index < -0.39 is 41.6 Å². The van der Waals surface area contributed by atoms with Gasteiger partial charge in [-0.2, -0.15) is 0 Å². The number of fused-ring (bicyclic) bond motifs is 7. The molecule has 4 unspecified atom stereocenters. The molecule has 3 aromatic carbocycles. The van der Waals surface area contributed by atoms with Crippen molar-refractivity contribution in [2.45, 2.75) is 63.9 Å². The van der Waals surface area contributed by atoms with E-state index in [9.17, 15) is 14.7 Å². The number of rotatable bonds is 4. The first-order chi connectivity index (χ1) is 25.1. The number of aliphatic hydroxyl groups is 1. The van der Waals surface area contributed by atoms with E-state index in [0.29, 0.717) is 23.0 Å². The number of hydrogen-bond acceptors (Lipinski definition) is 9. The summed E-state index contributed by atoms with van der Waals surface area (Å²) in [4.78, 5) is 40.6. The lowest BCUT2D eigenvalue weighted by molar-refractivity contribution is -0.135. The summed E-state index contributed by atoms with van der Waals surface area (Å²) < 4.78 is 20.4. The summed E-state index contributed by atoms with van der Waals surface area (Å²) in [7, 11) is 0. The van der Waals surface area contributed by atoms with E-state index in [2.05, 4.69) is 45.2 Å². The van der Waals surface area contributed by atoms with Crippen LogP contribution in [0.5, 0.6) is 5.75 Å². The molecule has 3 aromatic heterocycles. The second-order valence-corrected chi connectivity index (χ2v) is 14.9. The number of H-pyrrole nitrogens is 1. The van der Waals surface area contributed by atoms with Crippen LogP contribution in [0.2, 0.25) is 0 Å². The van der Waals surface area contributed by atoms with Gasteiger partial charge in [0.15, 0.2) is 23.4 Å². The van der Waals surface area contributed by atoms with Gasteiger partial charge in [0.1, 0.15) is 29.4 Å². The molecule has 6 aromatic rings. The smallest absolute Gasteiger partial charge is 0.249 e. The van der Waals surface area contributed by atoms with Crippen LogP contribution in [-0.4, -0.2) is 50.2 Å². The van der Waals surface area contributed by atoms with Crippen molar-refractivity contribution in [2.75, 3.05) is 5.32 Å². The Balaban J connectivity index is 1.28. The maximum atomic E-state index is 14.1. The number of anilines is 1. The Hall–Kier alpha value is -5.88. The largest absolute Gasteiger partial charge is 0.469 e. The van der Waals surface area contributed by atoms with Crippen molar-refractivity contribution in [2.24, 2.45) is 11.8 Å². The van der Waals surface area contributed by atoms with Crippen LogP contribution in [0.1, 0.15) is 62.1 Å². The first-order valence-corrected chi connectivity index (χ1v) is 17.7. The number of para-hydroxylation sites is 1. The highest BCUT2D eigenvalue weighted by Crippen LogP contribution is 2.61. The number of ether oxygens (including phenoxy) is 1. The van der Waals surface area contributed by atoms with Crippen LogP contribution in [0.3, 0.4) is 0 Å². The fourth-order valence-corrected chi connectivity index (χ4v) is 8.42. The van der Waals surface area contributed by atoms with Gasteiger partial charge in [0.25, 0.3) is 0 Å². The lowest BCUT2D eigenvalue weighted by Crippen LogP contribution is -2.52. The Kier molecular flexibility index (Phi) is 6.43. The fourth-order valence-electron chi connectivity index (χ4n) is 8.42. The molecule has 12 nitrogen and oxygen atoms in total. The molecule has 5 N–H and O–H groups in total. The molecule has 0 saturated carbocycles. The zero-order chi connectivity index (χ0) is 35.6. The molecule has 4 aliphatic heterocycles. The maximum absolute atomic E-state index is 14.1. The summed E-state index contributed by atoms with van der Waals surface area (Å²) in [6.45, 7) is 7.44. The summed E-state index contributed by atoms with van der Waals surface area (Å²) in [6, 6.07) is 16.6. The van der Waals surface area contributed by atoms with Crippen LogP contribution in [0, 0.1) is 11.8 Å². The highest BCUT2D eigenvalue weighted by atomic mass is 16.5. The molecule has 0 radical (unpaired) electrons. The average molecular weight is 697 g/mol. The van der Waals surface area contributed by atoms with Crippen molar-refractivity contribution in [1.29, 1.82) is 0 Å². The van der Waals surface area contributed by atoms with E-state index >= 15 is 0 Å². The number of carbonyl (C=O) groups excluding carboxylic acids is 2. The third-order valence-corrected chi connectivity index (χ3v) is 11.0. The van der Waals surface area contributed by atoms with E-state index in [1.807, 2.05) is 50.4 Å². The van der Waals surface area contributed by atoms with Crippen molar-refractivity contribution >= 4 is 28.4 Å². The van der Waals surface area contributed by atoms with Crippen LogP contribution in [0.25, 0.3) is 44.9 Å². The summed E-state index contributed by atoms with van der Waals surface area (Å²) >= 11 is 0. The minimum atomic E-state index is -1.28. The van der Waals surface area contributed by atoms with Gasteiger partial charge in [-0.3, -0.25) is 9.59 Å². The molecule has 12 heteroatoms. The molecule has 4 aliphatic rings. The lowest BCUT2D eigenvalue weighted by Gasteiger charge is -2.29. The van der Waals surface area contributed by atoms with Crippen LogP contribution >= 0.6 is 0 Å². The van der Waals surface area contributed by atoms with Gasteiger partial charge in [-0.05, 0) is 35.1 Å². The number of aliphatic hydroxyl groups excluding tert-OH is 1. The van der Waals surface area contributed by atoms with E-state index in [0.717, 1.165) is 50.0 Å². The summed E-state index contributed by atoms with van der Waals surface area (Å²) in [5, 5.41) is 21.3. The highest BCUT2D eigenvalue weighted by Gasteiger charge is 2.61. The lowest BCUT2D eigenvalue weighted by atomic mass is 9.72. The Bertz CT molecular complexity index is 2480. The highest BCUT2D eigenvalue weighted by molar-refractivity contribution is 6.07. The number of oxazole rings is 2. The van der Waals surface area contributed by atoms with Crippen molar-refractivity contribution < 1.29 is 28.3 Å². The Labute approximate surface area is 298 Å². The molecule has 262 valence electrons. The van der Waals surface area contributed by atoms with Crippen molar-refractivity contribution in [3.8, 4) is 39.8 Å². The molecule has 52 heavy (non-hydrogen) atoms. The number of hydrogen-bond donors (Lipinski definition) is 5. The van der Waals surface area contributed by atoms with Gasteiger partial charge < -0.3 is 39.6 Å². The van der Waals surface area contributed by atoms with E-state index in [1.54, 1.807) is 20.0 Å². The van der Waals surface area contributed by atoms with Gasteiger partial charge in [0.05, 0.1) is 6.20 Å². The first kappa shape index (κ1) is 30.9. The van der Waals surface area contributed by atoms with Crippen LogP contribution in [0.15, 0.2) is 75.8 Å². The molecular formula is C40H36N6O6. The molecule has 0 fully saturated rings. The average Bonchev–Trinajstić information content (AvgIpc) is 3.95. The van der Waals surface area contributed by atoms with Crippen molar-refractivity contribution in [1.82, 2.24) is 25.6 Å². The number of nitrogens with one attached hydrogen (secondary N) is 4. The number of aromatic nitrogens is 3. The predicted molar refractivity (Wildman–Crippen MR) is 191 cm³/mol. The van der Waals surface area contributed by atoms with E-state index in [1.165, 1.54) is 0 Å². The van der Waals surface area contributed by atoms with Gasteiger partial charge in [0, 0.05) is 51.5 Å².